The molecule has 0 atom stereocenters. The highest BCUT2D eigenvalue weighted by Gasteiger charge is 2.42. The number of benzene rings is 2. The largest absolute Gasteiger partial charge is 0.388 e. The first kappa shape index (κ1) is 24.3. The summed E-state index contributed by atoms with van der Waals surface area (Å²) < 4.78 is 0. The van der Waals surface area contributed by atoms with Crippen LogP contribution < -0.4 is 0 Å². The topological polar surface area (TPSA) is 41.9 Å². The minimum absolute atomic E-state index is 0.0617. The summed E-state index contributed by atoms with van der Waals surface area (Å²) in [5.74, 6) is 0.0617. The lowest BCUT2D eigenvalue weighted by atomic mass is 9.84. The minimum atomic E-state index is -0.276. The fourth-order valence-corrected chi connectivity index (χ4v) is 4.61. The Kier molecular flexibility index (Phi) is 6.46. The van der Waals surface area contributed by atoms with Crippen LogP contribution in [0.5, 0.6) is 0 Å². The predicted molar refractivity (Wildman–Crippen MR) is 140 cm³/mol. The number of piperidine rings is 1. The van der Waals surface area contributed by atoms with Crippen molar-refractivity contribution >= 4 is 17.7 Å². The molecular formula is C30H38N2O2. The van der Waals surface area contributed by atoms with Crippen LogP contribution in [0.15, 0.2) is 59.8 Å². The van der Waals surface area contributed by atoms with Gasteiger partial charge in [0.05, 0.1) is 5.71 Å². The van der Waals surface area contributed by atoms with Crippen molar-refractivity contribution in [3.63, 3.8) is 0 Å². The Morgan fingerprint density at radius 2 is 1.41 bits per heavy atom. The van der Waals surface area contributed by atoms with E-state index >= 15 is 0 Å². The Balaban J connectivity index is 1.31. The van der Waals surface area contributed by atoms with E-state index in [2.05, 4.69) is 95.2 Å². The summed E-state index contributed by atoms with van der Waals surface area (Å²) in [7, 11) is 0. The Hall–Kier alpha value is -2.88. The molecule has 4 heteroatoms. The van der Waals surface area contributed by atoms with E-state index in [9.17, 15) is 4.79 Å². The first-order valence-corrected chi connectivity index (χ1v) is 12.4. The summed E-state index contributed by atoms with van der Waals surface area (Å²) in [6.07, 6.45) is 6.02. The van der Waals surface area contributed by atoms with Gasteiger partial charge in [-0.25, -0.2) is 0 Å². The molecule has 2 aromatic rings. The van der Waals surface area contributed by atoms with Crippen LogP contribution in [-0.2, 0) is 20.5 Å². The number of likely N-dealkylation sites (tertiary alicyclic amines) is 1. The second-order valence-electron chi connectivity index (χ2n) is 11.8. The van der Waals surface area contributed by atoms with Gasteiger partial charge in [0.1, 0.15) is 5.60 Å². The Bertz CT molecular complexity index is 1070. The average Bonchev–Trinajstić information content (AvgIpc) is 3.20. The highest BCUT2D eigenvalue weighted by atomic mass is 16.7. The molecule has 0 aliphatic carbocycles. The number of nitrogens with zero attached hydrogens (tertiary/aromatic N) is 2. The van der Waals surface area contributed by atoms with Crippen molar-refractivity contribution < 1.29 is 9.63 Å². The van der Waals surface area contributed by atoms with Crippen molar-refractivity contribution in [3.05, 3.63) is 76.9 Å². The van der Waals surface area contributed by atoms with Gasteiger partial charge in [-0.15, -0.1) is 0 Å². The molecule has 180 valence electrons. The van der Waals surface area contributed by atoms with Crippen LogP contribution in [0, 0.1) is 0 Å². The molecule has 1 fully saturated rings. The van der Waals surface area contributed by atoms with Crippen molar-refractivity contribution in [1.29, 1.82) is 0 Å². The Morgan fingerprint density at radius 1 is 0.882 bits per heavy atom. The molecule has 2 aliphatic rings. The fourth-order valence-electron chi connectivity index (χ4n) is 4.61. The highest BCUT2D eigenvalue weighted by molar-refractivity contribution is 6.01. The van der Waals surface area contributed by atoms with Crippen LogP contribution in [0.4, 0.5) is 0 Å². The molecule has 0 bridgehead atoms. The third-order valence-corrected chi connectivity index (χ3v) is 7.10. The minimum Gasteiger partial charge on any atom is -0.388 e. The number of hydrogen-bond acceptors (Lipinski definition) is 3. The zero-order valence-electron chi connectivity index (χ0n) is 21.5. The highest BCUT2D eigenvalue weighted by Crippen LogP contribution is 2.36. The lowest BCUT2D eigenvalue weighted by molar-refractivity contribution is -0.131. The molecule has 2 aromatic carbocycles. The van der Waals surface area contributed by atoms with Gasteiger partial charge in [-0.1, -0.05) is 95.2 Å². The first-order chi connectivity index (χ1) is 16.0. The van der Waals surface area contributed by atoms with E-state index in [1.54, 1.807) is 6.08 Å². The van der Waals surface area contributed by atoms with Gasteiger partial charge in [0.25, 0.3) is 0 Å². The van der Waals surface area contributed by atoms with E-state index in [0.717, 1.165) is 36.1 Å². The SMILES string of the molecule is CC(C)(C)c1ccc(C=CC(=O)N2CCC3(CC2)CC(c2ccc(C(C)(C)C)cc2)=NO3)cc1. The van der Waals surface area contributed by atoms with Crippen LogP contribution in [0.2, 0.25) is 0 Å². The van der Waals surface area contributed by atoms with Crippen LogP contribution >= 0.6 is 0 Å². The zero-order valence-corrected chi connectivity index (χ0v) is 21.5. The molecule has 0 saturated carbocycles. The van der Waals surface area contributed by atoms with Gasteiger partial charge in [0.15, 0.2) is 0 Å². The van der Waals surface area contributed by atoms with E-state index < -0.39 is 0 Å². The van der Waals surface area contributed by atoms with E-state index in [4.69, 9.17) is 4.84 Å². The molecule has 1 spiro atoms. The van der Waals surface area contributed by atoms with Gasteiger partial charge in [-0.3, -0.25) is 4.79 Å². The van der Waals surface area contributed by atoms with E-state index in [-0.39, 0.29) is 22.3 Å². The maximum absolute atomic E-state index is 12.8. The number of oxime groups is 1. The standard InChI is InChI=1S/C30H38N2O2/c1-28(2,3)24-12-7-22(8-13-24)9-16-27(33)32-19-17-30(18-20-32)21-26(31-34-30)23-10-14-25(15-11-23)29(4,5)6/h7-16H,17-21H2,1-6H3. The number of hydrogen-bond donors (Lipinski definition) is 0. The predicted octanol–water partition coefficient (Wildman–Crippen LogP) is 6.48. The van der Waals surface area contributed by atoms with Crippen LogP contribution in [0.3, 0.4) is 0 Å². The summed E-state index contributed by atoms with van der Waals surface area (Å²) >= 11 is 0. The van der Waals surface area contributed by atoms with E-state index in [1.807, 2.05) is 11.0 Å². The van der Waals surface area contributed by atoms with Crippen molar-refractivity contribution in [2.24, 2.45) is 5.16 Å². The Morgan fingerprint density at radius 3 is 1.94 bits per heavy atom. The fraction of sp³-hybridized carbons (Fsp3) is 0.467. The maximum atomic E-state index is 12.8. The molecule has 1 amide bonds. The molecule has 4 nitrogen and oxygen atoms in total. The summed E-state index contributed by atoms with van der Waals surface area (Å²) in [6.45, 7) is 14.7. The summed E-state index contributed by atoms with van der Waals surface area (Å²) in [4.78, 5) is 20.7. The van der Waals surface area contributed by atoms with Crippen LogP contribution in [0.1, 0.15) is 83.1 Å². The monoisotopic (exact) mass is 458 g/mol. The summed E-state index contributed by atoms with van der Waals surface area (Å²) in [6, 6.07) is 17.1. The van der Waals surface area contributed by atoms with Gasteiger partial charge < -0.3 is 9.74 Å². The van der Waals surface area contributed by atoms with Crippen LogP contribution in [-0.4, -0.2) is 35.2 Å². The third kappa shape index (κ3) is 5.43. The lowest BCUT2D eigenvalue weighted by Gasteiger charge is -2.36. The Labute approximate surface area is 204 Å². The van der Waals surface area contributed by atoms with Gasteiger partial charge in [0, 0.05) is 38.4 Å². The normalized spacial score (nSPS) is 18.3. The molecule has 2 heterocycles. The molecule has 4 rings (SSSR count). The molecule has 0 unspecified atom stereocenters. The van der Waals surface area contributed by atoms with Gasteiger partial charge in [-0.2, -0.15) is 0 Å². The molecule has 0 N–H and O–H groups in total. The molecule has 2 aliphatic heterocycles. The number of rotatable bonds is 3. The van der Waals surface area contributed by atoms with Crippen molar-refractivity contribution in [2.45, 2.75) is 77.2 Å². The quantitative estimate of drug-likeness (QED) is 0.494. The van der Waals surface area contributed by atoms with E-state index in [0.29, 0.717) is 13.1 Å². The van der Waals surface area contributed by atoms with Crippen molar-refractivity contribution in [1.82, 2.24) is 4.90 Å². The molecule has 1 saturated heterocycles. The van der Waals surface area contributed by atoms with Gasteiger partial charge in [0.2, 0.25) is 5.91 Å². The second-order valence-corrected chi connectivity index (χ2v) is 11.8. The van der Waals surface area contributed by atoms with Crippen molar-refractivity contribution in [2.75, 3.05) is 13.1 Å². The first-order valence-electron chi connectivity index (χ1n) is 12.4. The lowest BCUT2D eigenvalue weighted by Crippen LogP contribution is -2.46. The second kappa shape index (κ2) is 9.05. The van der Waals surface area contributed by atoms with Crippen molar-refractivity contribution in [3.8, 4) is 0 Å². The van der Waals surface area contributed by atoms with Crippen LogP contribution in [0.25, 0.3) is 6.08 Å². The average molecular weight is 459 g/mol. The van der Waals surface area contributed by atoms with Gasteiger partial charge >= 0.3 is 0 Å². The number of carbonyl (C=O) groups excluding carboxylic acids is 1. The maximum Gasteiger partial charge on any atom is 0.246 e. The summed E-state index contributed by atoms with van der Waals surface area (Å²) in [5, 5.41) is 4.44. The molecule has 0 aromatic heterocycles. The zero-order chi connectivity index (χ0) is 24.6. The van der Waals surface area contributed by atoms with E-state index in [1.165, 1.54) is 11.1 Å². The third-order valence-electron chi connectivity index (χ3n) is 7.10. The summed E-state index contributed by atoms with van der Waals surface area (Å²) in [5.41, 5.74) is 5.78. The molecular weight excluding hydrogens is 420 g/mol. The molecule has 34 heavy (non-hydrogen) atoms. The molecule has 0 radical (unpaired) electrons. The van der Waals surface area contributed by atoms with Gasteiger partial charge in [-0.05, 0) is 39.2 Å². The number of carbonyl (C=O) groups is 1. The number of amides is 1. The smallest absolute Gasteiger partial charge is 0.246 e.